The third-order valence-electron chi connectivity index (χ3n) is 2.14. The second-order valence-corrected chi connectivity index (χ2v) is 5.37. The van der Waals surface area contributed by atoms with Gasteiger partial charge in [0.1, 0.15) is 0 Å². The molecular formula is C11H14ClIN2O. The van der Waals surface area contributed by atoms with Gasteiger partial charge < -0.3 is 11.1 Å². The van der Waals surface area contributed by atoms with Crippen LogP contribution in [0.15, 0.2) is 18.2 Å². The standard InChI is InChI=1S/C11H14ClIN2O/c1-7(6-14)4-11(16)15-10-3-2-8(13)5-9(10)12/h2-3,5,7H,4,6,14H2,1H3,(H,15,16). The van der Waals surface area contributed by atoms with Crippen molar-refractivity contribution in [3.8, 4) is 0 Å². The van der Waals surface area contributed by atoms with Crippen LogP contribution in [0.1, 0.15) is 13.3 Å². The van der Waals surface area contributed by atoms with Crippen molar-refractivity contribution in [1.82, 2.24) is 0 Å². The van der Waals surface area contributed by atoms with Gasteiger partial charge in [0.25, 0.3) is 0 Å². The Bertz CT molecular complexity index is 384. The van der Waals surface area contributed by atoms with Crippen LogP contribution in [0.4, 0.5) is 5.69 Å². The number of hydrogen-bond acceptors (Lipinski definition) is 2. The van der Waals surface area contributed by atoms with Gasteiger partial charge in [-0.3, -0.25) is 4.79 Å². The van der Waals surface area contributed by atoms with E-state index in [1.165, 1.54) is 0 Å². The van der Waals surface area contributed by atoms with Gasteiger partial charge in [-0.15, -0.1) is 0 Å². The molecule has 0 spiro atoms. The molecule has 1 aromatic rings. The highest BCUT2D eigenvalue weighted by Gasteiger charge is 2.09. The Morgan fingerprint density at radius 2 is 2.31 bits per heavy atom. The Hall–Kier alpha value is -0.330. The van der Waals surface area contributed by atoms with Crippen molar-refractivity contribution >= 4 is 45.8 Å². The SMILES string of the molecule is CC(CN)CC(=O)Nc1ccc(I)cc1Cl. The maximum atomic E-state index is 11.6. The predicted molar refractivity (Wildman–Crippen MR) is 75.6 cm³/mol. The molecule has 0 fully saturated rings. The first-order chi connectivity index (χ1) is 7.52. The number of amides is 1. The van der Waals surface area contributed by atoms with Gasteiger partial charge in [0.05, 0.1) is 10.7 Å². The molecule has 0 saturated carbocycles. The zero-order chi connectivity index (χ0) is 12.1. The average molecular weight is 353 g/mol. The number of carbonyl (C=O) groups excluding carboxylic acids is 1. The molecule has 3 N–H and O–H groups in total. The summed E-state index contributed by atoms with van der Waals surface area (Å²) in [5.74, 6) is 0.128. The fourth-order valence-corrected chi connectivity index (χ4v) is 2.09. The number of anilines is 1. The van der Waals surface area contributed by atoms with Crippen LogP contribution in [0.25, 0.3) is 0 Å². The highest BCUT2D eigenvalue weighted by Crippen LogP contribution is 2.24. The minimum absolute atomic E-state index is 0.0546. The normalized spacial score (nSPS) is 12.2. The second kappa shape index (κ2) is 6.42. The smallest absolute Gasteiger partial charge is 0.224 e. The van der Waals surface area contributed by atoms with Gasteiger partial charge in [0.2, 0.25) is 5.91 Å². The van der Waals surface area contributed by atoms with Crippen molar-refractivity contribution in [2.75, 3.05) is 11.9 Å². The van der Waals surface area contributed by atoms with Gasteiger partial charge >= 0.3 is 0 Å². The number of nitrogens with one attached hydrogen (secondary N) is 1. The lowest BCUT2D eigenvalue weighted by molar-refractivity contribution is -0.116. The van der Waals surface area contributed by atoms with Crippen LogP contribution < -0.4 is 11.1 Å². The molecular weight excluding hydrogens is 338 g/mol. The molecule has 0 aliphatic rings. The van der Waals surface area contributed by atoms with E-state index in [4.69, 9.17) is 17.3 Å². The third kappa shape index (κ3) is 4.27. The summed E-state index contributed by atoms with van der Waals surface area (Å²) in [6, 6.07) is 5.51. The molecule has 1 atom stereocenters. The van der Waals surface area contributed by atoms with Crippen LogP contribution in [0.3, 0.4) is 0 Å². The van der Waals surface area contributed by atoms with E-state index in [0.717, 1.165) is 3.57 Å². The summed E-state index contributed by atoms with van der Waals surface area (Å²) >= 11 is 8.17. The van der Waals surface area contributed by atoms with Gasteiger partial charge in [0, 0.05) is 9.99 Å². The van der Waals surface area contributed by atoms with Gasteiger partial charge in [-0.25, -0.2) is 0 Å². The summed E-state index contributed by atoms with van der Waals surface area (Å²) in [7, 11) is 0. The first-order valence-electron chi connectivity index (χ1n) is 4.98. The fraction of sp³-hybridized carbons (Fsp3) is 0.364. The molecule has 5 heteroatoms. The quantitative estimate of drug-likeness (QED) is 0.819. The van der Waals surface area contributed by atoms with Gasteiger partial charge in [-0.1, -0.05) is 18.5 Å². The largest absolute Gasteiger partial charge is 0.330 e. The van der Waals surface area contributed by atoms with E-state index < -0.39 is 0 Å². The lowest BCUT2D eigenvalue weighted by Crippen LogP contribution is -2.20. The van der Waals surface area contributed by atoms with Crippen LogP contribution in [-0.2, 0) is 4.79 Å². The van der Waals surface area contributed by atoms with Crippen molar-refractivity contribution in [2.24, 2.45) is 11.7 Å². The molecule has 1 aromatic carbocycles. The van der Waals surface area contributed by atoms with E-state index in [0.29, 0.717) is 23.7 Å². The zero-order valence-electron chi connectivity index (χ0n) is 8.97. The second-order valence-electron chi connectivity index (χ2n) is 3.72. The number of carbonyl (C=O) groups is 1. The van der Waals surface area contributed by atoms with Crippen LogP contribution in [0.5, 0.6) is 0 Å². The number of hydrogen-bond donors (Lipinski definition) is 2. The number of nitrogens with two attached hydrogens (primary N) is 1. The number of rotatable bonds is 4. The lowest BCUT2D eigenvalue weighted by atomic mass is 10.1. The van der Waals surface area contributed by atoms with E-state index in [2.05, 4.69) is 27.9 Å². The van der Waals surface area contributed by atoms with Crippen molar-refractivity contribution in [3.63, 3.8) is 0 Å². The average Bonchev–Trinajstić information content (AvgIpc) is 2.22. The van der Waals surface area contributed by atoms with E-state index in [9.17, 15) is 4.79 Å². The van der Waals surface area contributed by atoms with Crippen LogP contribution in [0, 0.1) is 9.49 Å². The molecule has 16 heavy (non-hydrogen) atoms. The maximum absolute atomic E-state index is 11.6. The van der Waals surface area contributed by atoms with Gasteiger partial charge in [-0.05, 0) is 53.3 Å². The number of benzene rings is 1. The van der Waals surface area contributed by atoms with Crippen molar-refractivity contribution < 1.29 is 4.79 Å². The molecule has 3 nitrogen and oxygen atoms in total. The van der Waals surface area contributed by atoms with E-state index in [-0.39, 0.29) is 11.8 Å². The Kier molecular flexibility index (Phi) is 5.51. The molecule has 0 heterocycles. The summed E-state index contributed by atoms with van der Waals surface area (Å²) in [6.07, 6.45) is 0.415. The molecule has 0 radical (unpaired) electrons. The molecule has 1 unspecified atom stereocenters. The van der Waals surface area contributed by atoms with E-state index in [1.54, 1.807) is 6.07 Å². The first kappa shape index (κ1) is 13.7. The summed E-state index contributed by atoms with van der Waals surface area (Å²) in [4.78, 5) is 11.6. The summed E-state index contributed by atoms with van der Waals surface area (Å²) in [5.41, 5.74) is 6.11. The van der Waals surface area contributed by atoms with Gasteiger partial charge in [0.15, 0.2) is 0 Å². The molecule has 0 bridgehead atoms. The van der Waals surface area contributed by atoms with Crippen molar-refractivity contribution in [2.45, 2.75) is 13.3 Å². The Balaban J connectivity index is 2.63. The monoisotopic (exact) mass is 352 g/mol. The van der Waals surface area contributed by atoms with Gasteiger partial charge in [-0.2, -0.15) is 0 Å². The Morgan fingerprint density at radius 3 is 2.88 bits per heavy atom. The maximum Gasteiger partial charge on any atom is 0.224 e. The molecule has 0 aromatic heterocycles. The molecule has 0 aliphatic carbocycles. The lowest BCUT2D eigenvalue weighted by Gasteiger charge is -2.10. The Labute approximate surface area is 114 Å². The Morgan fingerprint density at radius 1 is 1.62 bits per heavy atom. The summed E-state index contributed by atoms with van der Waals surface area (Å²) < 4.78 is 1.04. The molecule has 0 saturated heterocycles. The van der Waals surface area contributed by atoms with E-state index >= 15 is 0 Å². The summed E-state index contributed by atoms with van der Waals surface area (Å²) in [6.45, 7) is 2.45. The van der Waals surface area contributed by atoms with Crippen molar-refractivity contribution in [3.05, 3.63) is 26.8 Å². The summed E-state index contributed by atoms with van der Waals surface area (Å²) in [5, 5.41) is 3.33. The minimum atomic E-state index is -0.0546. The van der Waals surface area contributed by atoms with Crippen LogP contribution >= 0.6 is 34.2 Å². The number of halogens is 2. The highest BCUT2D eigenvalue weighted by atomic mass is 127. The first-order valence-corrected chi connectivity index (χ1v) is 6.43. The molecule has 88 valence electrons. The van der Waals surface area contributed by atoms with E-state index in [1.807, 2.05) is 19.1 Å². The minimum Gasteiger partial charge on any atom is -0.330 e. The highest BCUT2D eigenvalue weighted by molar-refractivity contribution is 14.1. The van der Waals surface area contributed by atoms with Crippen LogP contribution in [0.2, 0.25) is 5.02 Å². The topological polar surface area (TPSA) is 55.1 Å². The zero-order valence-corrected chi connectivity index (χ0v) is 11.9. The molecule has 0 aliphatic heterocycles. The fourth-order valence-electron chi connectivity index (χ4n) is 1.19. The molecule has 1 rings (SSSR count). The predicted octanol–water partition coefficient (Wildman–Crippen LogP) is 2.87. The third-order valence-corrected chi connectivity index (χ3v) is 3.13. The van der Waals surface area contributed by atoms with Crippen molar-refractivity contribution in [1.29, 1.82) is 0 Å². The van der Waals surface area contributed by atoms with Crippen LogP contribution in [-0.4, -0.2) is 12.5 Å². The molecule has 1 amide bonds.